The third-order valence-electron chi connectivity index (χ3n) is 2.32. The molecular formula is C10H10N4O2S. The van der Waals surface area contributed by atoms with E-state index in [1.165, 1.54) is 11.3 Å². The van der Waals surface area contributed by atoms with Crippen LogP contribution in [0.15, 0.2) is 18.2 Å². The largest absolute Gasteiger partial charge is 0.454 e. The predicted octanol–water partition coefficient (Wildman–Crippen LogP) is 1.46. The third kappa shape index (κ3) is 2.09. The number of anilines is 2. The Bertz CT molecular complexity index is 543. The van der Waals surface area contributed by atoms with E-state index in [4.69, 9.17) is 15.2 Å². The van der Waals surface area contributed by atoms with Crippen LogP contribution in [0.3, 0.4) is 0 Å². The lowest BCUT2D eigenvalue weighted by Gasteiger charge is -2.03. The van der Waals surface area contributed by atoms with Crippen LogP contribution in [0.2, 0.25) is 0 Å². The Kier molecular flexibility index (Phi) is 2.45. The summed E-state index contributed by atoms with van der Waals surface area (Å²) in [6.45, 7) is 0.935. The van der Waals surface area contributed by atoms with E-state index in [2.05, 4.69) is 15.5 Å². The molecule has 0 spiro atoms. The van der Waals surface area contributed by atoms with Crippen molar-refractivity contribution in [2.75, 3.05) is 17.8 Å². The number of hydrogen-bond acceptors (Lipinski definition) is 7. The Hall–Kier alpha value is -2.02. The van der Waals surface area contributed by atoms with Gasteiger partial charge in [-0.15, -0.1) is 10.2 Å². The first-order valence-corrected chi connectivity index (χ1v) is 5.84. The fraction of sp³-hybridized carbons (Fsp3) is 0.200. The number of hydrogen-bond donors (Lipinski definition) is 2. The molecule has 2 heterocycles. The van der Waals surface area contributed by atoms with Gasteiger partial charge in [-0.1, -0.05) is 17.4 Å². The minimum absolute atomic E-state index is 0.291. The summed E-state index contributed by atoms with van der Waals surface area (Å²) in [5, 5.41) is 11.9. The van der Waals surface area contributed by atoms with Gasteiger partial charge in [0.1, 0.15) is 0 Å². The number of nitrogens with zero attached hydrogens (tertiary/aromatic N) is 2. The number of aromatic nitrogens is 2. The first kappa shape index (κ1) is 10.2. The highest BCUT2D eigenvalue weighted by Gasteiger charge is 2.13. The van der Waals surface area contributed by atoms with E-state index in [-0.39, 0.29) is 0 Å². The second-order valence-corrected chi connectivity index (χ2v) is 4.50. The van der Waals surface area contributed by atoms with Crippen LogP contribution in [-0.4, -0.2) is 17.0 Å². The van der Waals surface area contributed by atoms with Crippen LogP contribution in [0.5, 0.6) is 11.5 Å². The van der Waals surface area contributed by atoms with Gasteiger partial charge in [0.05, 0.1) is 0 Å². The number of ether oxygens (including phenoxy) is 2. The molecule has 0 fully saturated rings. The van der Waals surface area contributed by atoms with Crippen molar-refractivity contribution < 1.29 is 9.47 Å². The SMILES string of the molecule is Nc1nnc(NCc2ccc3c(c2)OCO3)s1. The van der Waals surface area contributed by atoms with Crippen molar-refractivity contribution in [2.24, 2.45) is 0 Å². The van der Waals surface area contributed by atoms with Crippen molar-refractivity contribution >= 4 is 21.6 Å². The Balaban J connectivity index is 1.69. The van der Waals surface area contributed by atoms with Crippen LogP contribution in [0, 0.1) is 0 Å². The van der Waals surface area contributed by atoms with Crippen molar-refractivity contribution in [1.29, 1.82) is 0 Å². The second-order valence-electron chi connectivity index (χ2n) is 3.49. The molecule has 7 heteroatoms. The van der Waals surface area contributed by atoms with Crippen LogP contribution in [-0.2, 0) is 6.54 Å². The minimum Gasteiger partial charge on any atom is -0.454 e. The van der Waals surface area contributed by atoms with E-state index in [1.807, 2.05) is 18.2 Å². The highest BCUT2D eigenvalue weighted by atomic mass is 32.1. The fourth-order valence-corrected chi connectivity index (χ4v) is 2.04. The van der Waals surface area contributed by atoms with Crippen LogP contribution < -0.4 is 20.5 Å². The highest BCUT2D eigenvalue weighted by Crippen LogP contribution is 2.32. The van der Waals surface area contributed by atoms with Gasteiger partial charge in [0.15, 0.2) is 11.5 Å². The fourth-order valence-electron chi connectivity index (χ4n) is 1.53. The molecule has 3 N–H and O–H groups in total. The zero-order chi connectivity index (χ0) is 11.7. The molecule has 0 bridgehead atoms. The molecule has 0 saturated carbocycles. The summed E-state index contributed by atoms with van der Waals surface area (Å²) in [7, 11) is 0. The second kappa shape index (κ2) is 4.10. The molecule has 0 unspecified atom stereocenters. The Labute approximate surface area is 101 Å². The zero-order valence-electron chi connectivity index (χ0n) is 8.84. The summed E-state index contributed by atoms with van der Waals surface area (Å²) in [5.41, 5.74) is 6.58. The molecule has 1 aromatic heterocycles. The summed E-state index contributed by atoms with van der Waals surface area (Å²) >= 11 is 1.32. The van der Waals surface area contributed by atoms with Gasteiger partial charge in [-0.05, 0) is 17.7 Å². The summed E-state index contributed by atoms with van der Waals surface area (Å²) in [4.78, 5) is 0. The van der Waals surface area contributed by atoms with Crippen LogP contribution in [0.25, 0.3) is 0 Å². The molecule has 0 saturated heterocycles. The molecule has 3 rings (SSSR count). The van der Waals surface area contributed by atoms with Crippen LogP contribution in [0.1, 0.15) is 5.56 Å². The van der Waals surface area contributed by atoms with E-state index in [0.717, 1.165) is 17.1 Å². The summed E-state index contributed by atoms with van der Waals surface area (Å²) < 4.78 is 10.5. The van der Waals surface area contributed by atoms with Gasteiger partial charge in [0.2, 0.25) is 17.1 Å². The Morgan fingerprint density at radius 2 is 2.18 bits per heavy atom. The van der Waals surface area contributed by atoms with Crippen LogP contribution in [0.4, 0.5) is 10.3 Å². The smallest absolute Gasteiger partial charge is 0.231 e. The molecule has 1 aliphatic rings. The Morgan fingerprint density at radius 3 is 3.00 bits per heavy atom. The maximum absolute atomic E-state index is 5.49. The quantitative estimate of drug-likeness (QED) is 0.858. The van der Waals surface area contributed by atoms with E-state index >= 15 is 0 Å². The van der Waals surface area contributed by atoms with Crippen molar-refractivity contribution in [1.82, 2.24) is 10.2 Å². The van der Waals surface area contributed by atoms with Crippen LogP contribution >= 0.6 is 11.3 Å². The molecular weight excluding hydrogens is 240 g/mol. The molecule has 6 nitrogen and oxygen atoms in total. The predicted molar refractivity (Wildman–Crippen MR) is 64.2 cm³/mol. The summed E-state index contributed by atoms with van der Waals surface area (Å²) in [6, 6.07) is 5.82. The van der Waals surface area contributed by atoms with Gasteiger partial charge in [0, 0.05) is 6.54 Å². The van der Waals surface area contributed by atoms with Crippen molar-refractivity contribution in [3.8, 4) is 11.5 Å². The standard InChI is InChI=1S/C10H10N4O2S/c11-9-13-14-10(17-9)12-4-6-1-2-7-8(3-6)16-5-15-7/h1-3H,4-5H2,(H2,11,13)(H,12,14). The van der Waals surface area contributed by atoms with Gasteiger partial charge in [-0.3, -0.25) is 0 Å². The van der Waals surface area contributed by atoms with Gasteiger partial charge < -0.3 is 20.5 Å². The molecule has 0 aliphatic carbocycles. The highest BCUT2D eigenvalue weighted by molar-refractivity contribution is 7.18. The number of benzene rings is 1. The third-order valence-corrected chi connectivity index (χ3v) is 3.03. The first-order valence-electron chi connectivity index (χ1n) is 5.02. The van der Waals surface area contributed by atoms with Gasteiger partial charge in [0.25, 0.3) is 0 Å². The average molecular weight is 250 g/mol. The van der Waals surface area contributed by atoms with Gasteiger partial charge in [-0.25, -0.2) is 0 Å². The van der Waals surface area contributed by atoms with Crippen molar-refractivity contribution in [2.45, 2.75) is 6.54 Å². The average Bonchev–Trinajstić information content (AvgIpc) is 2.94. The van der Waals surface area contributed by atoms with E-state index < -0.39 is 0 Å². The maximum atomic E-state index is 5.49. The minimum atomic E-state index is 0.291. The molecule has 88 valence electrons. The van der Waals surface area contributed by atoms with Crippen molar-refractivity contribution in [3.05, 3.63) is 23.8 Å². The monoisotopic (exact) mass is 250 g/mol. The lowest BCUT2D eigenvalue weighted by molar-refractivity contribution is 0.174. The number of nitrogen functional groups attached to an aromatic ring is 1. The first-order chi connectivity index (χ1) is 8.31. The Morgan fingerprint density at radius 1 is 1.29 bits per heavy atom. The molecule has 2 aromatic rings. The van der Waals surface area contributed by atoms with E-state index in [9.17, 15) is 0 Å². The maximum Gasteiger partial charge on any atom is 0.231 e. The molecule has 17 heavy (non-hydrogen) atoms. The normalized spacial score (nSPS) is 12.7. The summed E-state index contributed by atoms with van der Waals surface area (Å²) in [6.07, 6.45) is 0. The number of nitrogens with two attached hydrogens (primary N) is 1. The number of fused-ring (bicyclic) bond motifs is 1. The molecule has 0 atom stereocenters. The number of rotatable bonds is 3. The van der Waals surface area contributed by atoms with Crippen molar-refractivity contribution in [3.63, 3.8) is 0 Å². The van der Waals surface area contributed by atoms with E-state index in [0.29, 0.717) is 23.6 Å². The lowest BCUT2D eigenvalue weighted by atomic mass is 10.2. The van der Waals surface area contributed by atoms with Gasteiger partial charge >= 0.3 is 0 Å². The molecule has 1 aromatic carbocycles. The number of nitrogens with one attached hydrogen (secondary N) is 1. The molecule has 1 aliphatic heterocycles. The molecule has 0 radical (unpaired) electrons. The summed E-state index contributed by atoms with van der Waals surface area (Å²) in [5.74, 6) is 1.56. The topological polar surface area (TPSA) is 82.3 Å². The van der Waals surface area contributed by atoms with E-state index in [1.54, 1.807) is 0 Å². The van der Waals surface area contributed by atoms with Gasteiger partial charge in [-0.2, -0.15) is 0 Å². The molecule has 0 amide bonds. The zero-order valence-corrected chi connectivity index (χ0v) is 9.66. The lowest BCUT2D eigenvalue weighted by Crippen LogP contribution is -1.98.